The Morgan fingerprint density at radius 2 is 1.60 bits per heavy atom. The summed E-state index contributed by atoms with van der Waals surface area (Å²) < 4.78 is 13.4. The van der Waals surface area contributed by atoms with Crippen LogP contribution in [0, 0.1) is 5.92 Å². The van der Waals surface area contributed by atoms with Gasteiger partial charge in [0.2, 0.25) is 5.89 Å². The van der Waals surface area contributed by atoms with E-state index >= 15 is 0 Å². The summed E-state index contributed by atoms with van der Waals surface area (Å²) in [5, 5.41) is 12.1. The number of ether oxygens (including phenoxy) is 1. The number of benzene rings is 2. The van der Waals surface area contributed by atoms with E-state index < -0.39 is 5.60 Å². The molecule has 5 heteroatoms. The molecule has 3 aromatic rings. The Kier molecular flexibility index (Phi) is 7.54. The average molecular weight is 476 g/mol. The van der Waals surface area contributed by atoms with Crippen molar-refractivity contribution in [3.8, 4) is 5.75 Å². The summed E-state index contributed by atoms with van der Waals surface area (Å²) in [7, 11) is 0. The molecule has 1 N–H and O–H groups in total. The van der Waals surface area contributed by atoms with Gasteiger partial charge >= 0.3 is 0 Å². The predicted molar refractivity (Wildman–Crippen MR) is 137 cm³/mol. The molecule has 1 aliphatic carbocycles. The first-order valence-corrected chi connectivity index (χ1v) is 13.4. The van der Waals surface area contributed by atoms with Crippen molar-refractivity contribution in [1.82, 2.24) is 4.98 Å². The van der Waals surface area contributed by atoms with Gasteiger partial charge in [-0.3, -0.25) is 0 Å². The van der Waals surface area contributed by atoms with Gasteiger partial charge in [0, 0.05) is 25.2 Å². The Morgan fingerprint density at radius 1 is 0.914 bits per heavy atom. The lowest BCUT2D eigenvalue weighted by Gasteiger charge is -2.36. The van der Waals surface area contributed by atoms with Gasteiger partial charge in [0.15, 0.2) is 11.4 Å². The fourth-order valence-electron chi connectivity index (χ4n) is 6.21. The van der Waals surface area contributed by atoms with Crippen LogP contribution >= 0.6 is 0 Å². The molecule has 1 saturated carbocycles. The molecule has 2 aromatic carbocycles. The van der Waals surface area contributed by atoms with Crippen LogP contribution in [0.2, 0.25) is 0 Å². The summed E-state index contributed by atoms with van der Waals surface area (Å²) in [5.41, 5.74) is -0.275. The highest BCUT2D eigenvalue weighted by molar-refractivity contribution is 5.30. The fraction of sp³-hybridized carbons (Fsp3) is 0.500. The van der Waals surface area contributed by atoms with E-state index in [1.54, 1.807) is 0 Å². The quantitative estimate of drug-likeness (QED) is 0.286. The maximum absolute atomic E-state index is 12.1. The molecule has 35 heavy (non-hydrogen) atoms. The van der Waals surface area contributed by atoms with Crippen molar-refractivity contribution in [2.24, 2.45) is 5.92 Å². The molecule has 1 atom stereocenters. The van der Waals surface area contributed by atoms with Gasteiger partial charge < -0.3 is 18.7 Å². The zero-order chi connectivity index (χ0) is 24.0. The van der Waals surface area contributed by atoms with Gasteiger partial charge in [0.05, 0.1) is 32.4 Å². The SMILES string of the molecule is O[C@@](c1ccccc1)(c1ncc(C[N+]2(CCCOc3ccccc3)CCCC2)o1)C1CCCCC1. The van der Waals surface area contributed by atoms with Crippen LogP contribution in [0.3, 0.4) is 0 Å². The molecule has 2 heterocycles. The molecule has 0 amide bonds. The number of likely N-dealkylation sites (tertiary alicyclic amines) is 1. The van der Waals surface area contributed by atoms with Gasteiger partial charge in [-0.25, -0.2) is 4.98 Å². The van der Waals surface area contributed by atoms with Crippen LogP contribution in [0.5, 0.6) is 5.75 Å². The Hall–Kier alpha value is -2.63. The van der Waals surface area contributed by atoms with Gasteiger partial charge in [-0.2, -0.15) is 0 Å². The molecule has 1 aromatic heterocycles. The second-order valence-corrected chi connectivity index (χ2v) is 10.5. The lowest BCUT2D eigenvalue weighted by atomic mass is 9.73. The Morgan fingerprint density at radius 3 is 2.31 bits per heavy atom. The highest BCUT2D eigenvalue weighted by Gasteiger charge is 2.45. The summed E-state index contributed by atoms with van der Waals surface area (Å²) in [5.74, 6) is 2.42. The van der Waals surface area contributed by atoms with Gasteiger partial charge in [-0.05, 0) is 30.5 Å². The van der Waals surface area contributed by atoms with Gasteiger partial charge in [-0.1, -0.05) is 67.8 Å². The summed E-state index contributed by atoms with van der Waals surface area (Å²) in [6.45, 7) is 4.93. The van der Waals surface area contributed by atoms with E-state index in [-0.39, 0.29) is 5.92 Å². The highest BCUT2D eigenvalue weighted by atomic mass is 16.5. The third kappa shape index (κ3) is 5.46. The van der Waals surface area contributed by atoms with E-state index in [9.17, 15) is 5.11 Å². The van der Waals surface area contributed by atoms with Crippen molar-refractivity contribution in [1.29, 1.82) is 0 Å². The van der Waals surface area contributed by atoms with Crippen molar-refractivity contribution in [3.05, 3.63) is 84.1 Å². The molecular formula is C30H39N2O3+. The molecule has 1 aliphatic heterocycles. The number of oxazole rings is 1. The Balaban J connectivity index is 1.30. The first kappa shape index (κ1) is 24.1. The number of para-hydroxylation sites is 1. The van der Waals surface area contributed by atoms with Crippen molar-refractivity contribution < 1.29 is 18.7 Å². The van der Waals surface area contributed by atoms with E-state index in [1.807, 2.05) is 66.9 Å². The molecule has 5 nitrogen and oxygen atoms in total. The van der Waals surface area contributed by atoms with Crippen LogP contribution < -0.4 is 4.74 Å². The van der Waals surface area contributed by atoms with Crippen molar-refractivity contribution >= 4 is 0 Å². The zero-order valence-corrected chi connectivity index (χ0v) is 20.8. The molecule has 1 saturated heterocycles. The molecular weight excluding hydrogens is 436 g/mol. The maximum atomic E-state index is 12.1. The second-order valence-electron chi connectivity index (χ2n) is 10.5. The molecule has 0 spiro atoms. The number of hydrogen-bond donors (Lipinski definition) is 1. The number of aromatic nitrogens is 1. The third-order valence-electron chi connectivity index (χ3n) is 8.08. The first-order chi connectivity index (χ1) is 17.2. The normalized spacial score (nSPS) is 19.9. The van der Waals surface area contributed by atoms with Crippen LogP contribution in [0.25, 0.3) is 0 Å². The molecule has 186 valence electrons. The molecule has 0 unspecified atom stereocenters. The van der Waals surface area contributed by atoms with Crippen molar-refractivity contribution in [2.75, 3.05) is 26.2 Å². The predicted octanol–water partition coefficient (Wildman–Crippen LogP) is 6.07. The van der Waals surface area contributed by atoms with Crippen LogP contribution in [0.1, 0.15) is 68.6 Å². The van der Waals surface area contributed by atoms with Crippen LogP contribution in [0.15, 0.2) is 71.3 Å². The van der Waals surface area contributed by atoms with Gasteiger partial charge in [-0.15, -0.1) is 0 Å². The summed E-state index contributed by atoms with van der Waals surface area (Å²) in [6, 6.07) is 20.1. The summed E-state index contributed by atoms with van der Waals surface area (Å²) in [4.78, 5) is 4.70. The van der Waals surface area contributed by atoms with E-state index in [0.717, 1.165) is 86.4 Å². The van der Waals surface area contributed by atoms with Gasteiger partial charge in [0.1, 0.15) is 12.3 Å². The van der Waals surface area contributed by atoms with Gasteiger partial charge in [0.25, 0.3) is 0 Å². The Labute approximate surface area is 209 Å². The maximum Gasteiger partial charge on any atom is 0.231 e. The smallest absolute Gasteiger partial charge is 0.231 e. The number of aliphatic hydroxyl groups is 1. The van der Waals surface area contributed by atoms with E-state index in [1.165, 1.54) is 19.3 Å². The minimum Gasteiger partial charge on any atom is -0.493 e. The molecule has 5 rings (SSSR count). The third-order valence-corrected chi connectivity index (χ3v) is 8.08. The highest BCUT2D eigenvalue weighted by Crippen LogP contribution is 2.43. The van der Waals surface area contributed by atoms with Crippen molar-refractivity contribution in [3.63, 3.8) is 0 Å². The number of nitrogens with zero attached hydrogens (tertiary/aromatic N) is 2. The number of rotatable bonds is 10. The first-order valence-electron chi connectivity index (χ1n) is 13.4. The standard InChI is InChI=1S/C30H39N2O3/c33-30(25-13-4-1-5-14-25,26-15-6-2-7-16-26)29-31-23-28(35-29)24-32(19-10-11-20-32)21-12-22-34-27-17-8-3-9-18-27/h1,3-5,8-9,13-14,17-18,23,26,33H,2,6-7,10-12,15-16,19-22,24H2/q+1/t30-/m1/s1. The van der Waals surface area contributed by atoms with Crippen molar-refractivity contribution in [2.45, 2.75) is 63.5 Å². The zero-order valence-electron chi connectivity index (χ0n) is 20.8. The second kappa shape index (κ2) is 11.0. The average Bonchev–Trinajstić information content (AvgIpc) is 3.58. The van der Waals surface area contributed by atoms with E-state index in [2.05, 4.69) is 0 Å². The molecule has 2 fully saturated rings. The van der Waals surface area contributed by atoms with Crippen LogP contribution in [0.4, 0.5) is 0 Å². The Bertz CT molecular complexity index is 1040. The monoisotopic (exact) mass is 475 g/mol. The molecule has 2 aliphatic rings. The number of hydrogen-bond acceptors (Lipinski definition) is 4. The lowest BCUT2D eigenvalue weighted by Crippen LogP contribution is -2.45. The topological polar surface area (TPSA) is 55.5 Å². The minimum absolute atomic E-state index is 0.134. The lowest BCUT2D eigenvalue weighted by molar-refractivity contribution is -0.930. The largest absolute Gasteiger partial charge is 0.493 e. The molecule has 0 radical (unpaired) electrons. The van der Waals surface area contributed by atoms with Crippen LogP contribution in [-0.4, -0.2) is 40.8 Å². The summed E-state index contributed by atoms with van der Waals surface area (Å²) in [6.07, 6.45) is 10.9. The van der Waals surface area contributed by atoms with E-state index in [0.29, 0.717) is 5.89 Å². The minimum atomic E-state index is -1.17. The van der Waals surface area contributed by atoms with E-state index in [4.69, 9.17) is 14.1 Å². The molecule has 0 bridgehead atoms. The number of quaternary nitrogens is 1. The summed E-state index contributed by atoms with van der Waals surface area (Å²) >= 11 is 0. The van der Waals surface area contributed by atoms with Crippen LogP contribution in [-0.2, 0) is 12.1 Å². The fourth-order valence-corrected chi connectivity index (χ4v) is 6.21.